The Balaban J connectivity index is 1.37. The zero-order valence-electron chi connectivity index (χ0n) is 19.2. The molecule has 0 bridgehead atoms. The monoisotopic (exact) mass is 480 g/mol. The van der Waals surface area contributed by atoms with E-state index in [9.17, 15) is 13.9 Å². The van der Waals surface area contributed by atoms with E-state index in [2.05, 4.69) is 30.2 Å². The van der Waals surface area contributed by atoms with Crippen molar-refractivity contribution in [3.05, 3.63) is 72.2 Å². The van der Waals surface area contributed by atoms with E-state index < -0.39 is 12.8 Å². The fourth-order valence-corrected chi connectivity index (χ4v) is 4.33. The van der Waals surface area contributed by atoms with Gasteiger partial charge in [0, 0.05) is 49.8 Å². The lowest BCUT2D eigenvalue weighted by atomic mass is 10.1. The first-order chi connectivity index (χ1) is 17.0. The number of benzene rings is 2. The van der Waals surface area contributed by atoms with Crippen molar-refractivity contribution < 1.29 is 18.6 Å². The molecule has 3 heterocycles. The molecule has 1 saturated heterocycles. The van der Waals surface area contributed by atoms with Gasteiger partial charge in [0.2, 0.25) is 0 Å². The molecule has 1 aliphatic heterocycles. The summed E-state index contributed by atoms with van der Waals surface area (Å²) in [6.07, 6.45) is 4.54. The number of fused-ring (bicyclic) bond motifs is 1. The number of halogens is 2. The van der Waals surface area contributed by atoms with Crippen molar-refractivity contribution in [2.75, 3.05) is 31.5 Å². The Morgan fingerprint density at radius 3 is 2.57 bits per heavy atom. The van der Waals surface area contributed by atoms with E-state index in [0.29, 0.717) is 11.5 Å². The summed E-state index contributed by atoms with van der Waals surface area (Å²) in [5.74, 6) is 0.675. The van der Waals surface area contributed by atoms with Crippen LogP contribution in [-0.4, -0.2) is 57.2 Å². The lowest BCUT2D eigenvalue weighted by molar-refractivity contribution is -0.0498. The second-order valence-corrected chi connectivity index (χ2v) is 8.37. The summed E-state index contributed by atoms with van der Waals surface area (Å²) in [6.45, 7) is 2.46. The normalized spacial score (nSPS) is 15.5. The maximum absolute atomic E-state index is 12.4. The number of nitrogens with zero attached hydrogens (tertiary/aromatic N) is 4. The molecular weight excluding hydrogens is 454 g/mol. The zero-order valence-corrected chi connectivity index (χ0v) is 19.2. The number of rotatable bonds is 7. The average molecular weight is 481 g/mol. The minimum absolute atomic E-state index is 0.0995. The van der Waals surface area contributed by atoms with Crippen molar-refractivity contribution in [3.63, 3.8) is 0 Å². The third kappa shape index (κ3) is 4.95. The number of piperazine rings is 1. The third-order valence-corrected chi connectivity index (χ3v) is 6.11. The van der Waals surface area contributed by atoms with Crippen LogP contribution in [0.15, 0.2) is 61.1 Å². The van der Waals surface area contributed by atoms with Crippen molar-refractivity contribution in [2.45, 2.75) is 19.8 Å². The molecule has 10 heteroatoms. The largest absolute Gasteiger partial charge is 0.435 e. The van der Waals surface area contributed by atoms with Gasteiger partial charge in [-0.05, 0) is 54.4 Å². The lowest BCUT2D eigenvalue weighted by Crippen LogP contribution is -2.45. The molecule has 1 unspecified atom stereocenters. The van der Waals surface area contributed by atoms with E-state index in [1.807, 2.05) is 29.5 Å². The maximum Gasteiger partial charge on any atom is 0.387 e. The highest BCUT2D eigenvalue weighted by Crippen LogP contribution is 2.29. The van der Waals surface area contributed by atoms with Gasteiger partial charge in [-0.2, -0.15) is 8.78 Å². The second-order valence-electron chi connectivity index (χ2n) is 8.37. The summed E-state index contributed by atoms with van der Waals surface area (Å²) in [5.41, 5.74) is 4.91. The molecule has 0 spiro atoms. The minimum atomic E-state index is -2.86. The van der Waals surface area contributed by atoms with Crippen LogP contribution >= 0.6 is 0 Å². The Hall–Kier alpha value is -3.60. The van der Waals surface area contributed by atoms with Crippen molar-refractivity contribution in [1.82, 2.24) is 24.6 Å². The van der Waals surface area contributed by atoms with Crippen LogP contribution in [0.3, 0.4) is 0 Å². The Bertz CT molecular complexity index is 1310. The summed E-state index contributed by atoms with van der Waals surface area (Å²) in [6, 6.07) is 12.3. The molecule has 1 fully saturated rings. The van der Waals surface area contributed by atoms with Crippen LogP contribution in [0.5, 0.6) is 5.75 Å². The number of nitrogens with one attached hydrogen (secondary N) is 2. The van der Waals surface area contributed by atoms with E-state index in [1.165, 1.54) is 12.1 Å². The average Bonchev–Trinajstić information content (AvgIpc) is 3.30. The van der Waals surface area contributed by atoms with E-state index in [4.69, 9.17) is 0 Å². The molecular formula is C25H26F2N6O2. The molecule has 0 aliphatic carbocycles. The van der Waals surface area contributed by atoms with Gasteiger partial charge in [0.05, 0.1) is 11.9 Å². The van der Waals surface area contributed by atoms with Gasteiger partial charge in [0.1, 0.15) is 12.0 Å². The van der Waals surface area contributed by atoms with Gasteiger partial charge in [0.25, 0.3) is 0 Å². The number of aromatic nitrogens is 3. The van der Waals surface area contributed by atoms with Gasteiger partial charge in [0.15, 0.2) is 11.5 Å². The summed E-state index contributed by atoms with van der Waals surface area (Å²) in [5, 5.41) is 17.4. The molecule has 0 radical (unpaired) electrons. The van der Waals surface area contributed by atoms with Crippen molar-refractivity contribution in [3.8, 4) is 17.0 Å². The summed E-state index contributed by atoms with van der Waals surface area (Å²) >= 11 is 0. The van der Waals surface area contributed by atoms with Gasteiger partial charge in [-0.15, -0.1) is 0 Å². The van der Waals surface area contributed by atoms with E-state index in [1.54, 1.807) is 30.7 Å². The van der Waals surface area contributed by atoms with E-state index >= 15 is 0 Å². The Kier molecular flexibility index (Phi) is 6.58. The number of hydrogen-bond donors (Lipinski definition) is 3. The molecule has 182 valence electrons. The number of aryl methyl sites for hydroxylation is 1. The molecule has 4 aromatic rings. The van der Waals surface area contributed by atoms with Crippen LogP contribution in [0, 0.1) is 6.92 Å². The fourth-order valence-electron chi connectivity index (χ4n) is 4.33. The highest BCUT2D eigenvalue weighted by Gasteiger charge is 2.21. The maximum atomic E-state index is 12.4. The van der Waals surface area contributed by atoms with Crippen molar-refractivity contribution in [1.29, 1.82) is 0 Å². The van der Waals surface area contributed by atoms with Gasteiger partial charge < -0.3 is 20.5 Å². The Labute approximate surface area is 201 Å². The first-order valence-corrected chi connectivity index (χ1v) is 11.4. The fraction of sp³-hybridized carbons (Fsp3) is 0.280. The molecule has 5 rings (SSSR count). The Morgan fingerprint density at radius 1 is 1.09 bits per heavy atom. The van der Waals surface area contributed by atoms with Crippen LogP contribution in [-0.2, 0) is 0 Å². The number of anilines is 2. The highest BCUT2D eigenvalue weighted by molar-refractivity contribution is 5.74. The summed E-state index contributed by atoms with van der Waals surface area (Å²) in [7, 11) is 0. The van der Waals surface area contributed by atoms with Crippen LogP contribution in [0.1, 0.15) is 17.4 Å². The minimum Gasteiger partial charge on any atom is -0.435 e. The van der Waals surface area contributed by atoms with Gasteiger partial charge in [-0.1, -0.05) is 6.07 Å². The predicted molar refractivity (Wildman–Crippen MR) is 129 cm³/mol. The molecule has 2 aromatic carbocycles. The van der Waals surface area contributed by atoms with Gasteiger partial charge in [-0.3, -0.25) is 9.30 Å². The van der Waals surface area contributed by atoms with Gasteiger partial charge in [-0.25, -0.2) is 9.97 Å². The third-order valence-electron chi connectivity index (χ3n) is 6.11. The topological polar surface area (TPSA) is 87.0 Å². The smallest absolute Gasteiger partial charge is 0.387 e. The van der Waals surface area contributed by atoms with Crippen LogP contribution in [0.25, 0.3) is 16.9 Å². The van der Waals surface area contributed by atoms with E-state index in [0.717, 1.165) is 54.3 Å². The molecule has 3 N–H and O–H groups in total. The Morgan fingerprint density at radius 2 is 1.86 bits per heavy atom. The summed E-state index contributed by atoms with van der Waals surface area (Å²) in [4.78, 5) is 11.0. The molecule has 1 aliphatic rings. The van der Waals surface area contributed by atoms with Crippen LogP contribution in [0.4, 0.5) is 20.3 Å². The number of aliphatic hydroxyl groups excluding tert-OH is 1. The standard InChI is InChI=1S/C25H26F2N6O2/c1-16-14-18(4-7-20(16)24(34)32-11-8-28-9-12-32)31-22-23-30-15-21(33(23)13-10-29-22)17-2-5-19(6-3-17)35-25(26)27/h2-7,10,13-15,24-25,28,34H,8-9,11-12H2,1H3,(H,29,31). The molecule has 2 aromatic heterocycles. The van der Waals surface area contributed by atoms with Crippen molar-refractivity contribution >= 4 is 17.2 Å². The van der Waals surface area contributed by atoms with Crippen molar-refractivity contribution in [2.24, 2.45) is 0 Å². The first kappa shape index (κ1) is 23.2. The molecule has 0 saturated carbocycles. The lowest BCUT2D eigenvalue weighted by Gasteiger charge is -2.32. The van der Waals surface area contributed by atoms with E-state index in [-0.39, 0.29) is 5.75 Å². The zero-order chi connectivity index (χ0) is 24.4. The number of ether oxygens (including phenoxy) is 1. The molecule has 8 nitrogen and oxygen atoms in total. The number of alkyl halides is 2. The quantitative estimate of drug-likeness (QED) is 0.369. The molecule has 1 atom stereocenters. The SMILES string of the molecule is Cc1cc(Nc2nccn3c(-c4ccc(OC(F)F)cc4)cnc23)ccc1C(O)N1CCNCC1. The molecule has 0 amide bonds. The number of hydrogen-bond acceptors (Lipinski definition) is 7. The highest BCUT2D eigenvalue weighted by atomic mass is 19.3. The summed E-state index contributed by atoms with van der Waals surface area (Å²) < 4.78 is 31.2. The van der Waals surface area contributed by atoms with Gasteiger partial charge >= 0.3 is 6.61 Å². The molecule has 35 heavy (non-hydrogen) atoms. The second kappa shape index (κ2) is 9.95. The number of aliphatic hydroxyl groups is 1. The van der Waals surface area contributed by atoms with Crippen LogP contribution in [0.2, 0.25) is 0 Å². The number of imidazole rings is 1. The van der Waals surface area contributed by atoms with Crippen LogP contribution < -0.4 is 15.4 Å². The first-order valence-electron chi connectivity index (χ1n) is 11.4. The predicted octanol–water partition coefficient (Wildman–Crippen LogP) is 3.95.